The van der Waals surface area contributed by atoms with Crippen LogP contribution in [0.5, 0.6) is 11.6 Å². The fraction of sp³-hybridized carbons (Fsp3) is 0.707. The summed E-state index contributed by atoms with van der Waals surface area (Å²) in [5, 5.41) is 5.77. The van der Waals surface area contributed by atoms with Crippen molar-refractivity contribution in [3.05, 3.63) is 23.9 Å². The molecule has 57 heavy (non-hydrogen) atoms. The molecule has 2 bridgehead atoms. The van der Waals surface area contributed by atoms with Crippen LogP contribution >= 0.6 is 0 Å². The highest BCUT2D eigenvalue weighted by Crippen LogP contribution is 2.48. The van der Waals surface area contributed by atoms with Gasteiger partial charge in [-0.3, -0.25) is 19.1 Å². The number of methoxy groups -OCH3 is 1. The summed E-state index contributed by atoms with van der Waals surface area (Å²) in [4.78, 5) is 68.2. The Morgan fingerprint density at radius 2 is 1.75 bits per heavy atom. The fourth-order valence-corrected chi connectivity index (χ4v) is 9.62. The predicted octanol–water partition coefficient (Wildman–Crippen LogP) is 4.94. The number of nitrogens with zero attached hydrogens (tertiary/aromatic N) is 3. The van der Waals surface area contributed by atoms with Gasteiger partial charge in [-0.2, -0.15) is 0 Å². The van der Waals surface area contributed by atoms with E-state index in [-0.39, 0.29) is 25.0 Å². The number of hydrogen-bond donors (Lipinski definition) is 3. The number of benzene rings is 1. The number of nitrogens with one attached hydrogen (secondary N) is 3. The van der Waals surface area contributed by atoms with Gasteiger partial charge in [0.15, 0.2) is 0 Å². The number of ether oxygens (including phenoxy) is 3. The maximum atomic E-state index is 14.9. The van der Waals surface area contributed by atoms with Crippen LogP contribution in [-0.2, 0) is 35.6 Å². The van der Waals surface area contributed by atoms with Crippen LogP contribution in [0.1, 0.15) is 118 Å². The molecule has 1 saturated heterocycles. The molecule has 2 aliphatic carbocycles. The monoisotopic (exact) mass is 812 g/mol. The quantitative estimate of drug-likeness (QED) is 0.327. The Hall–Kier alpha value is -4.21. The Labute approximate surface area is 336 Å². The first-order valence-corrected chi connectivity index (χ1v) is 22.0. The molecule has 4 aliphatic rings. The molecule has 0 spiro atoms. The molecule has 0 unspecified atom stereocenters. The predicted molar refractivity (Wildman–Crippen MR) is 213 cm³/mol. The van der Waals surface area contributed by atoms with E-state index in [0.717, 1.165) is 25.7 Å². The average molecular weight is 813 g/mol. The smallest absolute Gasteiger partial charge is 0.408 e. The van der Waals surface area contributed by atoms with Crippen molar-refractivity contribution in [1.82, 2.24) is 30.2 Å². The normalized spacial score (nSPS) is 29.4. The van der Waals surface area contributed by atoms with Crippen LogP contribution in [0.3, 0.4) is 0 Å². The molecule has 4 amide bonds. The molecule has 16 heteroatoms. The molecule has 0 radical (unpaired) electrons. The zero-order valence-corrected chi connectivity index (χ0v) is 35.4. The minimum absolute atomic E-state index is 0.0322. The second-order valence-corrected chi connectivity index (χ2v) is 20.0. The molecule has 3 heterocycles. The van der Waals surface area contributed by atoms with Gasteiger partial charge in [0.2, 0.25) is 27.7 Å². The molecule has 1 aromatic heterocycles. The van der Waals surface area contributed by atoms with Crippen molar-refractivity contribution in [3.63, 3.8) is 0 Å². The van der Waals surface area contributed by atoms with Gasteiger partial charge in [-0.05, 0) is 88.7 Å². The Morgan fingerprint density at radius 3 is 2.39 bits per heavy atom. The molecule has 1 aromatic carbocycles. The molecule has 2 aromatic rings. The zero-order chi connectivity index (χ0) is 41.5. The topological polar surface area (TPSA) is 195 Å². The van der Waals surface area contributed by atoms with Crippen molar-refractivity contribution in [1.29, 1.82) is 0 Å². The summed E-state index contributed by atoms with van der Waals surface area (Å²) >= 11 is 0. The summed E-state index contributed by atoms with van der Waals surface area (Å²) in [5.74, 6) is -1.88. The molecular weight excluding hydrogens is 753 g/mol. The second kappa shape index (κ2) is 16.2. The van der Waals surface area contributed by atoms with E-state index < -0.39 is 73.6 Å². The van der Waals surface area contributed by atoms with Gasteiger partial charge in [0.1, 0.15) is 41.3 Å². The van der Waals surface area contributed by atoms with Crippen molar-refractivity contribution in [3.8, 4) is 11.6 Å². The van der Waals surface area contributed by atoms with Crippen LogP contribution in [0.25, 0.3) is 11.0 Å². The molecule has 3 N–H and O–H groups in total. The van der Waals surface area contributed by atoms with Gasteiger partial charge in [-0.1, -0.05) is 53.9 Å². The molecule has 314 valence electrons. The lowest BCUT2D eigenvalue weighted by atomic mass is 9.85. The molecule has 2 saturated carbocycles. The maximum Gasteiger partial charge on any atom is 0.408 e. The lowest BCUT2D eigenvalue weighted by Gasteiger charge is -2.36. The van der Waals surface area contributed by atoms with E-state index in [4.69, 9.17) is 24.2 Å². The Balaban J connectivity index is 1.40. The molecule has 2 aliphatic heterocycles. The summed E-state index contributed by atoms with van der Waals surface area (Å²) in [6, 6.07) is 3.21. The molecule has 3 fully saturated rings. The standard InChI is InChI=1S/C41H60N6O9S/c1-9-25-22-41(25,37(50)46-57(52,53)40(7)19-20-40)45-34(48)32-27(10-2)31-23-47(32)36(49)33(39(4,5)6)44-38(51)55-24(3)15-13-11-12-14-16-29-35(56-31)43-30-21-26(54-8)17-18-28(30)42-29/h17-18,21,24-25,27,31-33H,9-16,19-20,22-23H2,1-8H3,(H,44,51)(H,45,48)(H,46,50)/t24-,25-,27-,31+,32+,33-,41-/m1/s1. The number of alkyl carbamates (subject to hydrolysis) is 1. The highest BCUT2D eigenvalue weighted by Gasteiger charge is 2.64. The summed E-state index contributed by atoms with van der Waals surface area (Å²) in [6.45, 7) is 12.6. The van der Waals surface area contributed by atoms with Crippen molar-refractivity contribution < 1.29 is 41.8 Å². The highest BCUT2D eigenvalue weighted by atomic mass is 32.2. The zero-order valence-electron chi connectivity index (χ0n) is 34.6. The second-order valence-electron chi connectivity index (χ2n) is 17.8. The number of carbonyl (C=O) groups is 4. The Bertz CT molecular complexity index is 1980. The largest absolute Gasteiger partial charge is 0.497 e. The SMILES string of the molecule is CC[C@@H]1[C@@H]2CN(C(=O)[C@H](C(C)(C)C)NC(=O)O[C@H](C)CCCCCCc3nc4ccc(OC)cc4nc3O2)[C@@H]1C(=O)N[C@]1(C(=O)NS(=O)(=O)C2(C)CC2)C[C@H]1CC. The van der Waals surface area contributed by atoms with Crippen LogP contribution in [0, 0.1) is 17.3 Å². The van der Waals surface area contributed by atoms with Gasteiger partial charge in [0.05, 0.1) is 29.4 Å². The van der Waals surface area contributed by atoms with E-state index in [9.17, 15) is 27.6 Å². The Kier molecular flexibility index (Phi) is 12.1. The van der Waals surface area contributed by atoms with Gasteiger partial charge in [0.25, 0.3) is 5.91 Å². The van der Waals surface area contributed by atoms with Gasteiger partial charge < -0.3 is 29.7 Å². The first kappa shape index (κ1) is 42.4. The summed E-state index contributed by atoms with van der Waals surface area (Å²) < 4.78 is 45.6. The van der Waals surface area contributed by atoms with E-state index in [1.807, 2.05) is 53.7 Å². The fourth-order valence-electron chi connectivity index (χ4n) is 8.30. The number of fused-ring (bicyclic) bond motifs is 4. The lowest BCUT2D eigenvalue weighted by molar-refractivity contribution is -0.143. The number of amides is 4. The third kappa shape index (κ3) is 8.80. The van der Waals surface area contributed by atoms with E-state index in [1.165, 1.54) is 4.90 Å². The number of carbonyl (C=O) groups excluding carboxylic acids is 4. The van der Waals surface area contributed by atoms with Crippen LogP contribution in [0.15, 0.2) is 18.2 Å². The van der Waals surface area contributed by atoms with Crippen molar-refractivity contribution in [2.24, 2.45) is 17.3 Å². The van der Waals surface area contributed by atoms with Gasteiger partial charge in [-0.25, -0.2) is 23.2 Å². The van der Waals surface area contributed by atoms with Crippen LogP contribution in [0.2, 0.25) is 0 Å². The van der Waals surface area contributed by atoms with Crippen LogP contribution in [-0.4, -0.2) is 95.3 Å². The number of rotatable bonds is 8. The van der Waals surface area contributed by atoms with Crippen molar-refractivity contribution in [2.45, 2.75) is 154 Å². The number of aromatic nitrogens is 2. The summed E-state index contributed by atoms with van der Waals surface area (Å²) in [5.41, 5.74) is -0.374. The minimum Gasteiger partial charge on any atom is -0.497 e. The number of aryl methyl sites for hydroxylation is 1. The number of sulfonamides is 1. The van der Waals surface area contributed by atoms with E-state index in [2.05, 4.69) is 15.4 Å². The Morgan fingerprint density at radius 1 is 1.04 bits per heavy atom. The van der Waals surface area contributed by atoms with Crippen LogP contribution in [0.4, 0.5) is 4.79 Å². The average Bonchev–Trinajstić information content (AvgIpc) is 4.05. The summed E-state index contributed by atoms with van der Waals surface area (Å²) in [7, 11) is -2.41. The van der Waals surface area contributed by atoms with Gasteiger partial charge in [-0.15, -0.1) is 0 Å². The maximum absolute atomic E-state index is 14.9. The van der Waals surface area contributed by atoms with Crippen molar-refractivity contribution in [2.75, 3.05) is 13.7 Å². The third-order valence-electron chi connectivity index (χ3n) is 12.4. The highest BCUT2D eigenvalue weighted by molar-refractivity contribution is 7.91. The molecule has 15 nitrogen and oxygen atoms in total. The molecular formula is C41H60N6O9S. The number of hydrogen-bond acceptors (Lipinski definition) is 11. The minimum atomic E-state index is -3.98. The first-order valence-electron chi connectivity index (χ1n) is 20.5. The van der Waals surface area contributed by atoms with E-state index in [0.29, 0.717) is 66.9 Å². The molecule has 6 rings (SSSR count). The van der Waals surface area contributed by atoms with E-state index in [1.54, 1.807) is 20.1 Å². The molecule has 7 atom stereocenters. The third-order valence-corrected chi connectivity index (χ3v) is 14.6. The summed E-state index contributed by atoms with van der Waals surface area (Å²) in [6.07, 6.45) is 4.91. The van der Waals surface area contributed by atoms with Crippen molar-refractivity contribution >= 4 is 44.9 Å². The number of cyclic esters (lactones) is 1. The van der Waals surface area contributed by atoms with Crippen LogP contribution < -0.4 is 24.8 Å². The first-order chi connectivity index (χ1) is 26.9. The van der Waals surface area contributed by atoms with Gasteiger partial charge in [0, 0.05) is 12.0 Å². The lowest BCUT2D eigenvalue weighted by Crippen LogP contribution is -2.61. The van der Waals surface area contributed by atoms with Gasteiger partial charge >= 0.3 is 6.09 Å². The van der Waals surface area contributed by atoms with E-state index >= 15 is 0 Å².